The van der Waals surface area contributed by atoms with E-state index in [-0.39, 0.29) is 11.3 Å². The molecule has 0 spiro atoms. The van der Waals surface area contributed by atoms with Gasteiger partial charge in [-0.15, -0.1) is 0 Å². The van der Waals surface area contributed by atoms with E-state index in [1.54, 1.807) is 0 Å². The molecular formula is C10H9F4NO. The van der Waals surface area contributed by atoms with Gasteiger partial charge in [0.15, 0.2) is 0 Å². The summed E-state index contributed by atoms with van der Waals surface area (Å²) in [6.07, 6.45) is -4.55. The van der Waals surface area contributed by atoms with E-state index in [2.05, 4.69) is 9.99 Å². The Morgan fingerprint density at radius 1 is 1.31 bits per heavy atom. The van der Waals surface area contributed by atoms with Crippen LogP contribution in [0.25, 0.3) is 0 Å². The molecule has 6 heteroatoms. The zero-order chi connectivity index (χ0) is 12.3. The molecule has 0 radical (unpaired) electrons. The van der Waals surface area contributed by atoms with E-state index in [0.717, 1.165) is 12.1 Å². The third-order valence-corrected chi connectivity index (χ3v) is 1.91. The fourth-order valence-electron chi connectivity index (χ4n) is 1.17. The van der Waals surface area contributed by atoms with Crippen LogP contribution in [-0.4, -0.2) is 12.8 Å². The van der Waals surface area contributed by atoms with Crippen molar-refractivity contribution in [2.75, 3.05) is 7.11 Å². The van der Waals surface area contributed by atoms with Gasteiger partial charge in [0.25, 0.3) is 0 Å². The SMILES string of the molecule is CON=C(C)c1ccc(C(F)(F)F)cc1F. The number of benzene rings is 1. The minimum absolute atomic E-state index is 0.0187. The van der Waals surface area contributed by atoms with Crippen molar-refractivity contribution in [3.05, 3.63) is 35.1 Å². The summed E-state index contributed by atoms with van der Waals surface area (Å²) >= 11 is 0. The van der Waals surface area contributed by atoms with E-state index >= 15 is 0 Å². The van der Waals surface area contributed by atoms with Crippen molar-refractivity contribution in [1.82, 2.24) is 0 Å². The molecule has 0 atom stereocenters. The van der Waals surface area contributed by atoms with Crippen molar-refractivity contribution in [1.29, 1.82) is 0 Å². The molecule has 0 fully saturated rings. The Balaban J connectivity index is 3.15. The molecule has 88 valence electrons. The quantitative estimate of drug-likeness (QED) is 0.438. The molecule has 1 rings (SSSR count). The Bertz CT molecular complexity index is 412. The summed E-state index contributed by atoms with van der Waals surface area (Å²) in [5.41, 5.74) is -0.873. The minimum Gasteiger partial charge on any atom is -0.399 e. The van der Waals surface area contributed by atoms with E-state index < -0.39 is 17.6 Å². The van der Waals surface area contributed by atoms with Crippen molar-refractivity contribution >= 4 is 5.71 Å². The standard InChI is InChI=1S/C10H9F4NO/c1-6(15-16-2)8-4-3-7(5-9(8)11)10(12,13)14/h3-5H,1-2H3. The van der Waals surface area contributed by atoms with Crippen molar-refractivity contribution in [2.45, 2.75) is 13.1 Å². The Morgan fingerprint density at radius 2 is 1.94 bits per heavy atom. The van der Waals surface area contributed by atoms with Gasteiger partial charge in [0, 0.05) is 5.56 Å². The largest absolute Gasteiger partial charge is 0.416 e. The maximum atomic E-state index is 13.3. The summed E-state index contributed by atoms with van der Waals surface area (Å²) < 4.78 is 50.0. The first kappa shape index (κ1) is 12.5. The van der Waals surface area contributed by atoms with Gasteiger partial charge in [-0.2, -0.15) is 13.2 Å². The van der Waals surface area contributed by atoms with Crippen LogP contribution in [0.15, 0.2) is 23.4 Å². The second kappa shape index (κ2) is 4.51. The summed E-state index contributed by atoms with van der Waals surface area (Å²) in [6.45, 7) is 1.44. The molecule has 0 N–H and O–H groups in total. The monoisotopic (exact) mass is 235 g/mol. The van der Waals surface area contributed by atoms with Crippen molar-refractivity contribution in [3.8, 4) is 0 Å². The molecule has 0 unspecified atom stereocenters. The van der Waals surface area contributed by atoms with E-state index in [0.29, 0.717) is 6.07 Å². The zero-order valence-corrected chi connectivity index (χ0v) is 8.60. The molecule has 0 saturated heterocycles. The average Bonchev–Trinajstić information content (AvgIpc) is 2.16. The van der Waals surface area contributed by atoms with Crippen LogP contribution in [0.3, 0.4) is 0 Å². The molecule has 0 amide bonds. The number of alkyl halides is 3. The topological polar surface area (TPSA) is 21.6 Å². The van der Waals surface area contributed by atoms with E-state index in [4.69, 9.17) is 0 Å². The second-order valence-corrected chi connectivity index (χ2v) is 3.05. The maximum Gasteiger partial charge on any atom is 0.416 e. The van der Waals surface area contributed by atoms with Gasteiger partial charge >= 0.3 is 6.18 Å². The van der Waals surface area contributed by atoms with Crippen LogP contribution in [0.5, 0.6) is 0 Å². The van der Waals surface area contributed by atoms with Crippen LogP contribution in [-0.2, 0) is 11.0 Å². The highest BCUT2D eigenvalue weighted by molar-refractivity contribution is 5.98. The predicted octanol–water partition coefficient (Wildman–Crippen LogP) is 3.21. The lowest BCUT2D eigenvalue weighted by atomic mass is 10.1. The van der Waals surface area contributed by atoms with Gasteiger partial charge in [-0.3, -0.25) is 0 Å². The lowest BCUT2D eigenvalue weighted by molar-refractivity contribution is -0.137. The maximum absolute atomic E-state index is 13.3. The molecule has 0 aliphatic carbocycles. The van der Waals surface area contributed by atoms with Gasteiger partial charge in [-0.05, 0) is 25.1 Å². The number of hydrogen-bond acceptors (Lipinski definition) is 2. The summed E-state index contributed by atoms with van der Waals surface area (Å²) in [4.78, 5) is 4.41. The van der Waals surface area contributed by atoms with Crippen LogP contribution >= 0.6 is 0 Å². The third kappa shape index (κ3) is 2.71. The fraction of sp³-hybridized carbons (Fsp3) is 0.300. The molecule has 1 aromatic rings. The molecule has 1 aromatic carbocycles. The minimum atomic E-state index is -4.55. The van der Waals surface area contributed by atoms with Crippen LogP contribution in [0.4, 0.5) is 17.6 Å². The van der Waals surface area contributed by atoms with E-state index in [9.17, 15) is 17.6 Å². The van der Waals surface area contributed by atoms with E-state index in [1.807, 2.05) is 0 Å². The first-order chi connectivity index (χ1) is 7.36. The van der Waals surface area contributed by atoms with Crippen molar-refractivity contribution in [3.63, 3.8) is 0 Å². The lowest BCUT2D eigenvalue weighted by Gasteiger charge is -2.08. The van der Waals surface area contributed by atoms with Gasteiger partial charge in [-0.25, -0.2) is 4.39 Å². The molecule has 0 bridgehead atoms. The molecular weight excluding hydrogens is 226 g/mol. The molecule has 2 nitrogen and oxygen atoms in total. The fourth-order valence-corrected chi connectivity index (χ4v) is 1.17. The van der Waals surface area contributed by atoms with Gasteiger partial charge < -0.3 is 4.84 Å². The van der Waals surface area contributed by atoms with Crippen LogP contribution in [0.2, 0.25) is 0 Å². The first-order valence-corrected chi connectivity index (χ1v) is 4.31. The smallest absolute Gasteiger partial charge is 0.399 e. The molecule has 0 aliphatic rings. The second-order valence-electron chi connectivity index (χ2n) is 3.05. The van der Waals surface area contributed by atoms with Crippen LogP contribution in [0.1, 0.15) is 18.1 Å². The Kier molecular flexibility index (Phi) is 3.51. The Labute approximate surface area is 89.5 Å². The number of rotatable bonds is 2. The molecule has 0 aromatic heterocycles. The number of nitrogens with zero attached hydrogens (tertiary/aromatic N) is 1. The summed E-state index contributed by atoms with van der Waals surface area (Å²) in [6, 6.07) is 2.26. The Hall–Kier alpha value is -1.59. The van der Waals surface area contributed by atoms with Crippen LogP contribution < -0.4 is 0 Å². The van der Waals surface area contributed by atoms with Gasteiger partial charge in [-0.1, -0.05) is 5.16 Å². The predicted molar refractivity (Wildman–Crippen MR) is 50.6 cm³/mol. The number of hydrogen-bond donors (Lipinski definition) is 0. The van der Waals surface area contributed by atoms with Gasteiger partial charge in [0.2, 0.25) is 0 Å². The van der Waals surface area contributed by atoms with Crippen molar-refractivity contribution in [2.24, 2.45) is 5.16 Å². The van der Waals surface area contributed by atoms with Gasteiger partial charge in [0.05, 0.1) is 11.3 Å². The third-order valence-electron chi connectivity index (χ3n) is 1.91. The average molecular weight is 235 g/mol. The lowest BCUT2D eigenvalue weighted by Crippen LogP contribution is -2.08. The highest BCUT2D eigenvalue weighted by Crippen LogP contribution is 2.30. The van der Waals surface area contributed by atoms with E-state index in [1.165, 1.54) is 14.0 Å². The van der Waals surface area contributed by atoms with Crippen LogP contribution in [0, 0.1) is 5.82 Å². The first-order valence-electron chi connectivity index (χ1n) is 4.31. The molecule has 0 heterocycles. The molecule has 0 saturated carbocycles. The van der Waals surface area contributed by atoms with Gasteiger partial charge in [0.1, 0.15) is 12.9 Å². The molecule has 16 heavy (non-hydrogen) atoms. The Morgan fingerprint density at radius 3 is 2.38 bits per heavy atom. The summed E-state index contributed by atoms with van der Waals surface area (Å²) in [5.74, 6) is -0.979. The highest BCUT2D eigenvalue weighted by Gasteiger charge is 2.31. The number of halogens is 4. The summed E-state index contributed by atoms with van der Waals surface area (Å²) in [5, 5.41) is 3.44. The zero-order valence-electron chi connectivity index (χ0n) is 8.60. The highest BCUT2D eigenvalue weighted by atomic mass is 19.4. The summed E-state index contributed by atoms with van der Waals surface area (Å²) in [7, 11) is 1.27. The normalized spacial score (nSPS) is 12.8. The molecule has 0 aliphatic heterocycles. The van der Waals surface area contributed by atoms with Crippen molar-refractivity contribution < 1.29 is 22.4 Å². The number of oxime groups is 1.